The number of aliphatic imine (C=N–C) groups is 1. The van der Waals surface area contributed by atoms with E-state index in [2.05, 4.69) is 37.6 Å². The molecule has 10 heteroatoms. The molecule has 0 radical (unpaired) electrons. The highest BCUT2D eigenvalue weighted by atomic mass is 32.2. The normalized spacial score (nSPS) is 21.5. The second kappa shape index (κ2) is 10.7. The van der Waals surface area contributed by atoms with Crippen LogP contribution >= 0.6 is 11.8 Å². The van der Waals surface area contributed by atoms with E-state index in [1.165, 1.54) is 11.8 Å². The van der Waals surface area contributed by atoms with E-state index in [0.29, 0.717) is 49.6 Å². The maximum Gasteiger partial charge on any atom is 0.235 e. The van der Waals surface area contributed by atoms with E-state index in [0.717, 1.165) is 27.2 Å². The molecule has 3 atom stereocenters. The van der Waals surface area contributed by atoms with Crippen LogP contribution in [0.4, 0.5) is 11.5 Å². The summed E-state index contributed by atoms with van der Waals surface area (Å²) < 4.78 is 0. The molecule has 1 fully saturated rings. The van der Waals surface area contributed by atoms with Gasteiger partial charge in [-0.3, -0.25) is 14.6 Å². The van der Waals surface area contributed by atoms with Crippen LogP contribution in [0.15, 0.2) is 52.4 Å². The summed E-state index contributed by atoms with van der Waals surface area (Å²) in [5.74, 6) is 0.539. The fraction of sp³-hybridized carbons (Fsp3) is 0.346. The van der Waals surface area contributed by atoms with E-state index in [9.17, 15) is 14.7 Å². The molecule has 0 bridgehead atoms. The summed E-state index contributed by atoms with van der Waals surface area (Å²) >= 11 is 1.48. The number of para-hydroxylation sites is 1. The zero-order valence-corrected chi connectivity index (χ0v) is 20.6. The van der Waals surface area contributed by atoms with Crippen molar-refractivity contribution in [3.8, 4) is 0 Å². The van der Waals surface area contributed by atoms with E-state index in [1.54, 1.807) is 0 Å². The van der Waals surface area contributed by atoms with Gasteiger partial charge in [0.25, 0.3) is 0 Å². The molecule has 186 valence electrons. The zero-order valence-electron chi connectivity index (χ0n) is 19.7. The third kappa shape index (κ3) is 5.40. The van der Waals surface area contributed by atoms with E-state index in [1.807, 2.05) is 42.5 Å². The van der Waals surface area contributed by atoms with Crippen LogP contribution in [0, 0.1) is 5.92 Å². The summed E-state index contributed by atoms with van der Waals surface area (Å²) in [6, 6.07) is 13.3. The predicted octanol–water partition coefficient (Wildman–Crippen LogP) is 3.13. The predicted molar refractivity (Wildman–Crippen MR) is 141 cm³/mol. The molecule has 1 aliphatic heterocycles. The van der Waals surface area contributed by atoms with Gasteiger partial charge in [-0.05, 0) is 50.2 Å². The Bertz CT molecular complexity index is 1320. The number of nitrogens with zero attached hydrogens (tertiary/aromatic N) is 3. The first-order valence-corrected chi connectivity index (χ1v) is 12.9. The Morgan fingerprint density at radius 2 is 2.03 bits per heavy atom. The Hall–Kier alpha value is -3.34. The number of nitrogens with one attached hydrogen (secondary N) is 3. The molecule has 3 aromatic rings. The van der Waals surface area contributed by atoms with Crippen molar-refractivity contribution in [3.05, 3.63) is 53.9 Å². The minimum absolute atomic E-state index is 0.0503. The van der Waals surface area contributed by atoms with E-state index in [4.69, 9.17) is 0 Å². The van der Waals surface area contributed by atoms with Crippen molar-refractivity contribution in [1.82, 2.24) is 15.3 Å². The molecule has 2 aliphatic rings. The van der Waals surface area contributed by atoms with Crippen LogP contribution in [0.3, 0.4) is 0 Å². The lowest BCUT2D eigenvalue weighted by atomic mass is 9.83. The lowest BCUT2D eigenvalue weighted by molar-refractivity contribution is -0.122. The molecule has 3 heterocycles. The van der Waals surface area contributed by atoms with Gasteiger partial charge in [0.1, 0.15) is 5.82 Å². The van der Waals surface area contributed by atoms with Crippen molar-refractivity contribution in [2.45, 2.75) is 49.4 Å². The number of carbonyl (C=O) groups is 2. The number of hydrogen-bond donors (Lipinski definition) is 4. The Labute approximate surface area is 213 Å². The molecule has 1 aliphatic carbocycles. The molecule has 0 spiro atoms. The summed E-state index contributed by atoms with van der Waals surface area (Å²) in [4.78, 5) is 38.7. The summed E-state index contributed by atoms with van der Waals surface area (Å²) in [6.07, 6.45) is 1.05. The van der Waals surface area contributed by atoms with E-state index < -0.39 is 6.10 Å². The largest absolute Gasteiger partial charge is 0.391 e. The van der Waals surface area contributed by atoms with Crippen LogP contribution in [-0.4, -0.2) is 51.5 Å². The molecular weight excluding hydrogens is 476 g/mol. The van der Waals surface area contributed by atoms with Crippen molar-refractivity contribution in [2.75, 3.05) is 16.4 Å². The molecule has 2 aromatic heterocycles. The number of hydrogen-bond acceptors (Lipinski definition) is 8. The molecule has 1 aromatic carbocycles. The Morgan fingerprint density at radius 1 is 1.17 bits per heavy atom. The minimum Gasteiger partial charge on any atom is -0.391 e. The number of thioether (sulfide) groups is 1. The van der Waals surface area contributed by atoms with E-state index in [-0.39, 0.29) is 23.8 Å². The fourth-order valence-corrected chi connectivity index (χ4v) is 5.44. The van der Waals surface area contributed by atoms with Crippen molar-refractivity contribution in [3.63, 3.8) is 0 Å². The third-order valence-electron chi connectivity index (χ3n) is 6.57. The van der Waals surface area contributed by atoms with Crippen LogP contribution in [0.2, 0.25) is 0 Å². The van der Waals surface area contributed by atoms with Gasteiger partial charge in [-0.2, -0.15) is 0 Å². The highest BCUT2D eigenvalue weighted by molar-refractivity contribution is 8.00. The molecule has 9 nitrogen and oxygen atoms in total. The second-order valence-corrected chi connectivity index (χ2v) is 10.1. The number of aliphatic hydroxyl groups is 1. The summed E-state index contributed by atoms with van der Waals surface area (Å²) in [5.41, 5.74) is 2.95. The van der Waals surface area contributed by atoms with Gasteiger partial charge in [0.05, 0.1) is 45.9 Å². The molecule has 1 unspecified atom stereocenters. The first-order chi connectivity index (χ1) is 17.5. The van der Waals surface area contributed by atoms with Gasteiger partial charge in [-0.25, -0.2) is 9.97 Å². The average Bonchev–Trinajstić information content (AvgIpc) is 2.88. The zero-order chi connectivity index (χ0) is 25.1. The Morgan fingerprint density at radius 3 is 2.86 bits per heavy atom. The molecule has 2 amide bonds. The van der Waals surface area contributed by atoms with Crippen LogP contribution in [-0.2, 0) is 22.7 Å². The highest BCUT2D eigenvalue weighted by Crippen LogP contribution is 2.31. The molecule has 36 heavy (non-hydrogen) atoms. The van der Waals surface area contributed by atoms with E-state index >= 15 is 0 Å². The number of anilines is 2. The average molecular weight is 505 g/mol. The maximum absolute atomic E-state index is 13.1. The van der Waals surface area contributed by atoms with Gasteiger partial charge in [0, 0.05) is 23.9 Å². The van der Waals surface area contributed by atoms with Gasteiger partial charge in [-0.15, -0.1) is 11.8 Å². The number of amides is 2. The smallest absolute Gasteiger partial charge is 0.235 e. The van der Waals surface area contributed by atoms with Crippen LogP contribution in [0.25, 0.3) is 10.9 Å². The number of aliphatic hydroxyl groups excluding tert-OH is 1. The number of benzene rings is 1. The number of carbonyl (C=O) groups excluding carboxylic acids is 2. The van der Waals surface area contributed by atoms with Gasteiger partial charge in [0.15, 0.2) is 0 Å². The van der Waals surface area contributed by atoms with Crippen LogP contribution in [0.5, 0.6) is 0 Å². The summed E-state index contributed by atoms with van der Waals surface area (Å²) in [7, 11) is 0. The summed E-state index contributed by atoms with van der Waals surface area (Å²) in [5, 5.41) is 20.9. The van der Waals surface area contributed by atoms with Gasteiger partial charge in [0.2, 0.25) is 11.8 Å². The number of rotatable bonds is 7. The second-order valence-electron chi connectivity index (χ2n) is 9.10. The monoisotopic (exact) mass is 504 g/mol. The molecule has 1 saturated carbocycles. The third-order valence-corrected chi connectivity index (χ3v) is 7.62. The first-order valence-electron chi connectivity index (χ1n) is 12.0. The number of aromatic nitrogens is 2. The maximum atomic E-state index is 13.1. The van der Waals surface area contributed by atoms with Crippen molar-refractivity contribution >= 4 is 52.7 Å². The Kier molecular flexibility index (Phi) is 7.26. The minimum atomic E-state index is -0.654. The number of fused-ring (bicyclic) bond motifs is 2. The van der Waals surface area contributed by atoms with Gasteiger partial charge < -0.3 is 21.1 Å². The summed E-state index contributed by atoms with van der Waals surface area (Å²) in [6.45, 7) is 4.40. The molecule has 4 N–H and O–H groups in total. The molecular formula is C26H28N6O3S. The van der Waals surface area contributed by atoms with Crippen molar-refractivity contribution in [1.29, 1.82) is 0 Å². The van der Waals surface area contributed by atoms with Crippen LogP contribution < -0.4 is 16.0 Å². The van der Waals surface area contributed by atoms with Gasteiger partial charge in [-0.1, -0.05) is 18.2 Å². The standard InChI is InChI=1S/C26H28N6O3S/c1-27-12-17-7-5-15-3-2-4-20(24(15)29-17)31-26(35)16-6-9-19(21(33)11-16)28-13-18-8-10-22-25(30-18)32-23(34)14-36-22/h2-5,7-8,10,16,19,21,28,33H,1,6,9,11-14H2,(H,31,35)(H,30,32,34)/t16-,19-,21?/m1/s1. The first kappa shape index (κ1) is 24.4. The van der Waals surface area contributed by atoms with Crippen molar-refractivity contribution in [2.24, 2.45) is 10.9 Å². The van der Waals surface area contributed by atoms with Gasteiger partial charge >= 0.3 is 0 Å². The molecule has 0 saturated heterocycles. The lowest BCUT2D eigenvalue weighted by Gasteiger charge is -2.33. The highest BCUT2D eigenvalue weighted by Gasteiger charge is 2.33. The Balaban J connectivity index is 1.18. The quantitative estimate of drug-likeness (QED) is 0.364. The lowest BCUT2D eigenvalue weighted by Crippen LogP contribution is -2.46. The molecule has 5 rings (SSSR count). The number of pyridine rings is 2. The van der Waals surface area contributed by atoms with Crippen LogP contribution in [0.1, 0.15) is 30.7 Å². The SMILES string of the molecule is C=NCc1ccc2cccc(NC(=O)[C@@H]3CC[C@@H](NCc4ccc5c(n4)NC(=O)CS5)C(O)C3)c2n1. The van der Waals surface area contributed by atoms with Crippen molar-refractivity contribution < 1.29 is 14.7 Å². The fourth-order valence-electron chi connectivity index (χ4n) is 4.69. The topological polar surface area (TPSA) is 129 Å².